The number of aromatic amines is 1. The van der Waals surface area contributed by atoms with Crippen LogP contribution < -0.4 is 31.7 Å². The zero-order chi connectivity index (χ0) is 70.6. The van der Waals surface area contributed by atoms with Crippen molar-refractivity contribution in [3.05, 3.63) is 122 Å². The van der Waals surface area contributed by atoms with Crippen LogP contribution in [0.1, 0.15) is 183 Å². The molecule has 1 saturated carbocycles. The Labute approximate surface area is 581 Å². The Hall–Kier alpha value is -8.33. The lowest BCUT2D eigenvalue weighted by atomic mass is 9.74. The first-order valence-electron chi connectivity index (χ1n) is 33.9. The van der Waals surface area contributed by atoms with Crippen molar-refractivity contribution in [3.8, 4) is 16.2 Å². The number of benzene rings is 3. The molecule has 29 heteroatoms. The lowest BCUT2D eigenvalue weighted by Gasteiger charge is -2.38. The number of rotatable bonds is 26. The average molecular weight is 1420 g/mol. The van der Waals surface area contributed by atoms with Gasteiger partial charge in [-0.3, -0.25) is 47.7 Å². The number of H-pyrrole nitrogens is 1. The fourth-order valence-electron chi connectivity index (χ4n) is 14.4. The number of hydrogen-bond acceptors (Lipinski definition) is 16. The van der Waals surface area contributed by atoms with E-state index in [0.717, 1.165) is 65.1 Å². The van der Waals surface area contributed by atoms with E-state index in [0.29, 0.717) is 78.6 Å². The summed E-state index contributed by atoms with van der Waals surface area (Å²) in [5, 5.41) is 28.1. The predicted molar refractivity (Wildman–Crippen MR) is 366 cm³/mol. The normalized spacial score (nSPS) is 21.3. The van der Waals surface area contributed by atoms with Crippen LogP contribution in [0.3, 0.4) is 0 Å². The summed E-state index contributed by atoms with van der Waals surface area (Å²) < 4.78 is 24.0. The third kappa shape index (κ3) is 16.8. The molecule has 6 heterocycles. The second-order valence-electron chi connectivity index (χ2n) is 27.5. The first kappa shape index (κ1) is 71.9. The van der Waals surface area contributed by atoms with Gasteiger partial charge in [-0.15, -0.1) is 11.3 Å². The number of primary amides is 1. The van der Waals surface area contributed by atoms with Crippen LogP contribution in [-0.4, -0.2) is 167 Å². The standard InChI is InChI=1S/C70H85ClN11O15PS/c1-38-63(99-37-74-38)43-18-14-40(15-19-43)51(77-66(89)55-32-48(84)34-81(55)68(91)59-62-49(12-9-27-70(59,3)4)61(79-97-62)42-16-17-42)33-58(86)73-28-7-5-6-10-41-11-8-13-56(60(41)71)96-36-46(21-25-57(72)85)75-65(88)54-24-22-47-26-29-80(39(2)83)35-53(67(90)82(47)54)78-64(87)52-31-45-30-44(20-23-50(45)76-52)69(92)98(93,94)95/h8,11,13-15,18-20,23,30-31,37,42,46-48,51,53-55,59,76,84H,5-7,9-10,12,16-17,21-22,24-29,32-36H2,1-4H3,(H2,72,85)(H,73,86)(H,75,88)(H,77,89)(H,78,87)(H2,93,94,95)/t46-,47+,48+,51-,53-,54-,55-,59+/m0/s1. The number of likely N-dealkylation sites (tertiary alicyclic amines) is 1. The van der Waals surface area contributed by atoms with Crippen LogP contribution in [-0.2, 0) is 51.0 Å². The average Bonchev–Trinajstić information content (AvgIpc) is 1.58. The summed E-state index contributed by atoms with van der Waals surface area (Å²) in [6, 6.07) is 12.8. The molecule has 99 heavy (non-hydrogen) atoms. The highest BCUT2D eigenvalue weighted by atomic mass is 35.5. The summed E-state index contributed by atoms with van der Waals surface area (Å²) in [7, 11) is -5.10. The molecule has 3 aromatic heterocycles. The van der Waals surface area contributed by atoms with Crippen molar-refractivity contribution in [3.63, 3.8) is 0 Å². The number of aryl methyl sites for hydroxylation is 2. The molecule has 4 fully saturated rings. The van der Waals surface area contributed by atoms with Gasteiger partial charge in [0.2, 0.25) is 41.4 Å². The molecule has 2 aliphatic carbocycles. The van der Waals surface area contributed by atoms with Crippen LogP contribution in [0.5, 0.6) is 5.75 Å². The molecule has 3 saturated heterocycles. The van der Waals surface area contributed by atoms with Gasteiger partial charge in [0.15, 0.2) is 5.76 Å². The Morgan fingerprint density at radius 3 is 2.42 bits per heavy atom. The number of aromatic nitrogens is 3. The maximum atomic E-state index is 14.9. The quantitative estimate of drug-likeness (QED) is 0.0148. The summed E-state index contributed by atoms with van der Waals surface area (Å²) in [5.74, 6) is -3.40. The molecule has 11 rings (SSSR count). The number of halogens is 1. The van der Waals surface area contributed by atoms with E-state index in [9.17, 15) is 62.6 Å². The van der Waals surface area contributed by atoms with Gasteiger partial charge in [-0.1, -0.05) is 73.4 Å². The monoisotopic (exact) mass is 1420 g/mol. The van der Waals surface area contributed by atoms with Crippen molar-refractivity contribution in [1.82, 2.24) is 51.1 Å². The van der Waals surface area contributed by atoms with Gasteiger partial charge in [-0.2, -0.15) is 0 Å². The van der Waals surface area contributed by atoms with Crippen molar-refractivity contribution in [2.45, 2.75) is 185 Å². The van der Waals surface area contributed by atoms with Crippen LogP contribution in [0.25, 0.3) is 21.3 Å². The summed E-state index contributed by atoms with van der Waals surface area (Å²) in [4.78, 5) is 155. The van der Waals surface area contributed by atoms with Crippen molar-refractivity contribution >= 4 is 94.2 Å². The van der Waals surface area contributed by atoms with Crippen molar-refractivity contribution < 1.29 is 71.9 Å². The molecule has 3 aromatic carbocycles. The molecule has 8 atom stereocenters. The maximum absolute atomic E-state index is 14.9. The Kier molecular flexibility index (Phi) is 22.3. The number of aliphatic hydroxyl groups excluding tert-OH is 1. The largest absolute Gasteiger partial charge is 0.490 e. The number of amides is 8. The number of carbonyl (C=O) groups is 9. The van der Waals surface area contributed by atoms with Gasteiger partial charge in [0.05, 0.1) is 51.4 Å². The lowest BCUT2D eigenvalue weighted by Crippen LogP contribution is -2.61. The van der Waals surface area contributed by atoms with E-state index >= 15 is 0 Å². The number of unbranched alkanes of at least 4 members (excludes halogenated alkanes) is 2. The van der Waals surface area contributed by atoms with E-state index in [1.54, 1.807) is 17.6 Å². The number of aliphatic hydroxyl groups is 1. The Morgan fingerprint density at radius 2 is 1.71 bits per heavy atom. The van der Waals surface area contributed by atoms with Gasteiger partial charge >= 0.3 is 7.60 Å². The highest BCUT2D eigenvalue weighted by molar-refractivity contribution is 7.70. The highest BCUT2D eigenvalue weighted by Gasteiger charge is 2.51. The zero-order valence-electron chi connectivity index (χ0n) is 55.8. The van der Waals surface area contributed by atoms with E-state index in [2.05, 4.69) is 36.4 Å². The lowest BCUT2D eigenvalue weighted by molar-refractivity contribution is -0.145. The molecule has 6 aromatic rings. The number of ether oxygens (including phenoxy) is 1. The van der Waals surface area contributed by atoms with Gasteiger partial charge in [0.1, 0.15) is 42.1 Å². The van der Waals surface area contributed by atoms with Gasteiger partial charge in [0, 0.05) is 79.9 Å². The number of nitrogens with one attached hydrogen (secondary N) is 5. The molecule has 528 valence electrons. The fourth-order valence-corrected chi connectivity index (χ4v) is 15.9. The number of nitrogens with two attached hydrogens (primary N) is 1. The second kappa shape index (κ2) is 30.6. The van der Waals surface area contributed by atoms with E-state index in [1.807, 2.05) is 51.1 Å². The van der Waals surface area contributed by atoms with Crippen molar-refractivity contribution in [2.75, 3.05) is 32.8 Å². The molecule has 0 bridgehead atoms. The van der Waals surface area contributed by atoms with Crippen LogP contribution in [0.2, 0.25) is 5.02 Å². The molecule has 0 radical (unpaired) electrons. The molecule has 0 spiro atoms. The van der Waals surface area contributed by atoms with E-state index in [4.69, 9.17) is 26.6 Å². The van der Waals surface area contributed by atoms with E-state index < -0.39 is 96.3 Å². The van der Waals surface area contributed by atoms with Crippen molar-refractivity contribution in [1.29, 1.82) is 0 Å². The molecular formula is C70H85ClN11O15PS. The number of β-amino-alcohol motifs (C(OH)–C–C–N with tert-alkyl or cyclic N) is 1. The minimum absolute atomic E-state index is 0.0263. The third-order valence-corrected chi connectivity index (χ3v) is 22.1. The SMILES string of the molecule is CC(=O)N1CC[C@H]2CC[C@@H](C(=O)N[C@@H](CCC(N)=O)COc3cccc(CCCCCNC(=O)C[C@H](NC(=O)[C@@H]4C[C@@H](O)CN4C(=O)[C@H]4c5onc(C6CC6)c5CCCC4(C)C)c4ccc(-c5scnc5C)cc4)c3Cl)N2C(=O)[C@@H](NC(=O)c2cc3cc(C(=O)P(=O)(O)O)ccc3[nH]2)C1. The Balaban J connectivity index is 0.689. The van der Waals surface area contributed by atoms with Gasteiger partial charge < -0.3 is 70.8 Å². The van der Waals surface area contributed by atoms with Crippen molar-refractivity contribution in [2.24, 2.45) is 11.1 Å². The molecule has 5 aliphatic rings. The molecule has 0 unspecified atom stereocenters. The highest BCUT2D eigenvalue weighted by Crippen LogP contribution is 2.50. The summed E-state index contributed by atoms with van der Waals surface area (Å²) in [6.07, 6.45) is 6.98. The summed E-state index contributed by atoms with van der Waals surface area (Å²) >= 11 is 8.50. The first-order valence-corrected chi connectivity index (χ1v) is 36.7. The Bertz CT molecular complexity index is 4110. The van der Waals surface area contributed by atoms with E-state index in [-0.39, 0.29) is 92.7 Å². The second-order valence-corrected chi connectivity index (χ2v) is 30.3. The Morgan fingerprint density at radius 1 is 0.939 bits per heavy atom. The predicted octanol–water partition coefficient (Wildman–Crippen LogP) is 7.16. The smallest absolute Gasteiger partial charge is 0.396 e. The minimum atomic E-state index is -5.10. The molecular weight excluding hydrogens is 1330 g/mol. The molecule has 3 aliphatic heterocycles. The van der Waals surface area contributed by atoms with Gasteiger partial charge in [0.25, 0.3) is 11.4 Å². The maximum Gasteiger partial charge on any atom is 0.396 e. The van der Waals surface area contributed by atoms with Crippen LogP contribution in [0, 0.1) is 12.3 Å². The van der Waals surface area contributed by atoms with Crippen LogP contribution in [0.15, 0.2) is 76.8 Å². The van der Waals surface area contributed by atoms with E-state index in [1.165, 1.54) is 57.2 Å². The number of fused-ring (bicyclic) bond motifs is 3. The number of carbonyl (C=O) groups excluding carboxylic acids is 9. The first-order chi connectivity index (χ1) is 47.2. The van der Waals surface area contributed by atoms with Gasteiger partial charge in [-0.05, 0) is 136 Å². The fraction of sp³-hybridized carbons (Fsp3) is 0.500. The molecule has 10 N–H and O–H groups in total. The van der Waals surface area contributed by atoms with Crippen LogP contribution >= 0.6 is 30.5 Å². The molecule has 26 nitrogen and oxygen atoms in total. The number of thiazole rings is 1. The summed E-state index contributed by atoms with van der Waals surface area (Å²) in [5.41, 5.74) is 10.7. The minimum Gasteiger partial charge on any atom is -0.490 e. The topological polar surface area (TPSA) is 379 Å². The zero-order valence-corrected chi connectivity index (χ0v) is 58.2. The summed E-state index contributed by atoms with van der Waals surface area (Å²) in [6.45, 7) is 7.58. The third-order valence-electron chi connectivity index (χ3n) is 19.9. The number of hydrogen-bond donors (Lipinski definition) is 9. The van der Waals surface area contributed by atoms with Crippen LogP contribution in [0.4, 0.5) is 0 Å². The molecule has 8 amide bonds. The van der Waals surface area contributed by atoms with Gasteiger partial charge in [-0.25, -0.2) is 4.98 Å². The number of nitrogens with zero attached hydrogens (tertiary/aromatic N) is 5.